The molecule has 25 heavy (non-hydrogen) atoms. The normalized spacial score (nSPS) is 15.6. The first-order chi connectivity index (χ1) is 11.9. The van der Waals surface area contributed by atoms with Crippen LogP contribution in [0.4, 0.5) is 0 Å². The lowest BCUT2D eigenvalue weighted by Gasteiger charge is -2.24. The Balaban J connectivity index is 0.000000271. The molecule has 1 aromatic carbocycles. The number of methoxy groups -OCH3 is 1. The van der Waals surface area contributed by atoms with E-state index in [2.05, 4.69) is 58.9 Å². The third-order valence-electron chi connectivity index (χ3n) is 4.63. The van der Waals surface area contributed by atoms with Gasteiger partial charge in [0.25, 0.3) is 0 Å². The maximum absolute atomic E-state index is 11.3. The van der Waals surface area contributed by atoms with E-state index in [1.54, 1.807) is 0 Å². The van der Waals surface area contributed by atoms with Gasteiger partial charge in [-0.2, -0.15) is 0 Å². The minimum atomic E-state index is -0.462. The van der Waals surface area contributed by atoms with Crippen LogP contribution in [-0.2, 0) is 14.3 Å². The van der Waals surface area contributed by atoms with Crippen molar-refractivity contribution in [3.63, 3.8) is 0 Å². The second kappa shape index (κ2) is 11.3. The lowest BCUT2D eigenvalue weighted by atomic mass is 9.85. The van der Waals surface area contributed by atoms with Crippen LogP contribution in [0.5, 0.6) is 0 Å². The zero-order valence-electron chi connectivity index (χ0n) is 15.7. The zero-order valence-corrected chi connectivity index (χ0v) is 17.3. The Hall–Kier alpha value is -1.36. The summed E-state index contributed by atoms with van der Waals surface area (Å²) in [5, 5.41) is 2.53. The van der Waals surface area contributed by atoms with Crippen molar-refractivity contribution >= 4 is 28.3 Å². The number of halogens is 1. The number of carbonyl (C=O) groups is 2. The van der Waals surface area contributed by atoms with E-state index < -0.39 is 6.04 Å². The fourth-order valence-corrected chi connectivity index (χ4v) is 3.60. The summed E-state index contributed by atoms with van der Waals surface area (Å²) >= 11 is 3.51. The molecule has 140 valence electrons. The number of ether oxygens (including phenoxy) is 1. The maximum Gasteiger partial charge on any atom is 0.328 e. The van der Waals surface area contributed by atoms with Gasteiger partial charge in [-0.1, -0.05) is 65.7 Å². The summed E-state index contributed by atoms with van der Waals surface area (Å²) in [6.45, 7) is 6.35. The van der Waals surface area contributed by atoms with Crippen LogP contribution in [0.15, 0.2) is 16.6 Å². The van der Waals surface area contributed by atoms with Gasteiger partial charge in [-0.15, -0.1) is 0 Å². The van der Waals surface area contributed by atoms with Crippen LogP contribution in [0.1, 0.15) is 55.2 Å². The molecule has 0 unspecified atom stereocenters. The molecule has 0 spiro atoms. The van der Waals surface area contributed by atoms with E-state index in [1.807, 2.05) is 0 Å². The van der Waals surface area contributed by atoms with E-state index in [1.165, 1.54) is 47.5 Å². The molecule has 2 rings (SSSR count). The molecule has 0 radical (unpaired) electrons. The number of benzene rings is 1. The molecule has 0 saturated heterocycles. The Morgan fingerprint density at radius 2 is 1.80 bits per heavy atom. The van der Waals surface area contributed by atoms with Crippen LogP contribution in [0.2, 0.25) is 0 Å². The van der Waals surface area contributed by atoms with Gasteiger partial charge in [0.15, 0.2) is 0 Å². The Morgan fingerprint density at radius 3 is 2.28 bits per heavy atom. The van der Waals surface area contributed by atoms with Crippen LogP contribution in [-0.4, -0.2) is 25.5 Å². The minimum absolute atomic E-state index is 0.340. The van der Waals surface area contributed by atoms with Crippen molar-refractivity contribution in [2.24, 2.45) is 5.92 Å². The highest BCUT2D eigenvalue weighted by Gasteiger charge is 2.24. The van der Waals surface area contributed by atoms with E-state index in [0.717, 1.165) is 12.8 Å². The topological polar surface area (TPSA) is 55.4 Å². The molecule has 4 nitrogen and oxygen atoms in total. The van der Waals surface area contributed by atoms with Crippen molar-refractivity contribution in [3.05, 3.63) is 33.3 Å². The Kier molecular flexibility index (Phi) is 9.79. The number of hydrogen-bond acceptors (Lipinski definition) is 3. The molecule has 1 saturated carbocycles. The van der Waals surface area contributed by atoms with E-state index in [0.29, 0.717) is 18.7 Å². The third kappa shape index (κ3) is 7.59. The van der Waals surface area contributed by atoms with Crippen LogP contribution in [0.25, 0.3) is 0 Å². The van der Waals surface area contributed by atoms with Gasteiger partial charge in [0.2, 0.25) is 6.41 Å². The first kappa shape index (κ1) is 21.7. The summed E-state index contributed by atoms with van der Waals surface area (Å²) in [5.41, 5.74) is 3.97. The highest BCUT2D eigenvalue weighted by Crippen LogP contribution is 2.27. The smallest absolute Gasteiger partial charge is 0.328 e. The molecule has 1 atom stereocenters. The van der Waals surface area contributed by atoms with Gasteiger partial charge >= 0.3 is 5.97 Å². The number of carbonyl (C=O) groups excluding carboxylic acids is 2. The van der Waals surface area contributed by atoms with E-state index >= 15 is 0 Å². The Morgan fingerprint density at radius 1 is 1.24 bits per heavy atom. The summed E-state index contributed by atoms with van der Waals surface area (Å²) in [6.07, 6.45) is 7.37. The van der Waals surface area contributed by atoms with Crippen molar-refractivity contribution in [2.45, 2.75) is 65.3 Å². The summed E-state index contributed by atoms with van der Waals surface area (Å²) in [4.78, 5) is 21.7. The maximum atomic E-state index is 11.3. The molecular formula is C20H30BrNO3. The van der Waals surface area contributed by atoms with Gasteiger partial charge in [-0.25, -0.2) is 4.79 Å². The molecule has 0 aromatic heterocycles. The fourth-order valence-electron chi connectivity index (χ4n) is 3.38. The predicted molar refractivity (Wildman–Crippen MR) is 105 cm³/mol. The molecule has 1 aliphatic rings. The van der Waals surface area contributed by atoms with Crippen molar-refractivity contribution < 1.29 is 14.3 Å². The fraction of sp³-hybridized carbons (Fsp3) is 0.600. The molecule has 1 fully saturated rings. The Bertz CT molecular complexity index is 545. The van der Waals surface area contributed by atoms with Crippen LogP contribution in [0.3, 0.4) is 0 Å². The van der Waals surface area contributed by atoms with Gasteiger partial charge in [0.05, 0.1) is 7.11 Å². The average Bonchev–Trinajstić information content (AvgIpc) is 2.60. The van der Waals surface area contributed by atoms with Crippen molar-refractivity contribution in [1.29, 1.82) is 0 Å². The first-order valence-corrected chi connectivity index (χ1v) is 9.69. The van der Waals surface area contributed by atoms with Gasteiger partial charge in [0.1, 0.15) is 6.04 Å². The zero-order chi connectivity index (χ0) is 18.8. The molecular weight excluding hydrogens is 382 g/mol. The molecule has 1 N–H and O–H groups in total. The molecule has 5 heteroatoms. The number of hydrogen-bond donors (Lipinski definition) is 1. The van der Waals surface area contributed by atoms with Gasteiger partial charge < -0.3 is 10.1 Å². The first-order valence-electron chi connectivity index (χ1n) is 8.89. The monoisotopic (exact) mass is 411 g/mol. The van der Waals surface area contributed by atoms with E-state index in [-0.39, 0.29) is 5.97 Å². The van der Waals surface area contributed by atoms with Crippen molar-refractivity contribution in [2.75, 3.05) is 7.11 Å². The third-order valence-corrected chi connectivity index (χ3v) is 5.88. The lowest BCUT2D eigenvalue weighted by Crippen LogP contribution is -2.38. The summed E-state index contributed by atoms with van der Waals surface area (Å²) < 4.78 is 5.88. The summed E-state index contributed by atoms with van der Waals surface area (Å²) in [5.74, 6) is 0.211. The average molecular weight is 412 g/mol. The van der Waals surface area contributed by atoms with Crippen LogP contribution in [0, 0.1) is 26.7 Å². The number of amides is 1. The van der Waals surface area contributed by atoms with Crippen LogP contribution >= 0.6 is 15.9 Å². The predicted octanol–water partition coefficient (Wildman–Crippen LogP) is 4.62. The quantitative estimate of drug-likeness (QED) is 0.567. The highest BCUT2D eigenvalue weighted by molar-refractivity contribution is 9.10. The number of nitrogens with one attached hydrogen (secondary N) is 1. The van der Waals surface area contributed by atoms with Gasteiger partial charge in [-0.05, 0) is 44.2 Å². The number of aryl methyl sites for hydroxylation is 3. The van der Waals surface area contributed by atoms with Crippen molar-refractivity contribution in [1.82, 2.24) is 5.32 Å². The molecule has 1 aliphatic carbocycles. The SMILES string of the molecule is COC(=O)[C@H](CC1CCCCC1)NC=O.Cc1cc(C)c(Br)c(C)c1. The second-order valence-corrected chi connectivity index (χ2v) is 7.61. The standard InChI is InChI=1S/C11H19NO3.C9H11Br/c1-15-11(14)10(12-8-13)7-9-5-3-2-4-6-9;1-6-4-7(2)9(10)8(3)5-6/h8-10H,2-7H2,1H3,(H,12,13);4-5H,1-3H3/t10-;/m0./s1. The highest BCUT2D eigenvalue weighted by atomic mass is 79.9. The lowest BCUT2D eigenvalue weighted by molar-refractivity contribution is -0.144. The molecule has 0 heterocycles. The molecule has 0 bridgehead atoms. The summed E-state index contributed by atoms with van der Waals surface area (Å²) in [6, 6.07) is 3.89. The van der Waals surface area contributed by atoms with Gasteiger partial charge in [-0.3, -0.25) is 4.79 Å². The Labute approximate surface area is 159 Å². The number of rotatable bonds is 5. The number of esters is 1. The largest absolute Gasteiger partial charge is 0.467 e. The van der Waals surface area contributed by atoms with Gasteiger partial charge in [0, 0.05) is 4.47 Å². The molecule has 1 aromatic rings. The summed E-state index contributed by atoms with van der Waals surface area (Å²) in [7, 11) is 1.35. The van der Waals surface area contributed by atoms with Crippen LogP contribution < -0.4 is 5.32 Å². The second-order valence-electron chi connectivity index (χ2n) is 6.81. The van der Waals surface area contributed by atoms with Crippen molar-refractivity contribution in [3.8, 4) is 0 Å². The molecule has 0 aliphatic heterocycles. The minimum Gasteiger partial charge on any atom is -0.467 e. The molecule has 1 amide bonds. The van der Waals surface area contributed by atoms with E-state index in [9.17, 15) is 9.59 Å². The van der Waals surface area contributed by atoms with E-state index in [4.69, 9.17) is 0 Å².